The van der Waals surface area contributed by atoms with Crippen LogP contribution in [0.5, 0.6) is 0 Å². The lowest BCUT2D eigenvalue weighted by molar-refractivity contribution is 0.476. The van der Waals surface area contributed by atoms with Gasteiger partial charge in [-0.1, -0.05) is 0 Å². The van der Waals surface area contributed by atoms with Gasteiger partial charge in [0.15, 0.2) is 5.11 Å². The monoisotopic (exact) mass is 198 g/mol. The maximum absolute atomic E-state index is 10.3. The molecule has 66 valence electrons. The molecule has 0 fully saturated rings. The van der Waals surface area contributed by atoms with Crippen molar-refractivity contribution in [3.05, 3.63) is 0 Å². The number of hydrogen-bond acceptors (Lipinski definition) is 3. The molecule has 4 N–H and O–H groups in total. The van der Waals surface area contributed by atoms with E-state index in [-0.39, 0.29) is 5.11 Å². The zero-order chi connectivity index (χ0) is 9.07. The fraction of sp³-hybridized carbons (Fsp3) is 0.750. The number of nitrogens with two attached hydrogens (primary N) is 1. The first-order valence-electron chi connectivity index (χ1n) is 2.82. The Hall–Kier alpha value is -0.400. The van der Waals surface area contributed by atoms with Crippen molar-refractivity contribution < 1.29 is 13.0 Å². The summed E-state index contributed by atoms with van der Waals surface area (Å²) in [7, 11) is -3.95. The van der Waals surface area contributed by atoms with Crippen molar-refractivity contribution in [3.63, 3.8) is 0 Å². The second-order valence-electron chi connectivity index (χ2n) is 2.16. The van der Waals surface area contributed by atoms with Gasteiger partial charge in [-0.3, -0.25) is 4.55 Å². The standard InChI is InChI=1S/C4H10N2O3S2/c1-3(6-4(5)10)2-11(7,8)9/h3H,2H2,1H3,(H3,5,6,10)(H,7,8,9). The van der Waals surface area contributed by atoms with E-state index >= 15 is 0 Å². The predicted octanol–water partition coefficient (Wildman–Crippen LogP) is -0.904. The van der Waals surface area contributed by atoms with Crippen molar-refractivity contribution in [2.24, 2.45) is 5.73 Å². The van der Waals surface area contributed by atoms with Crippen molar-refractivity contribution >= 4 is 27.4 Å². The van der Waals surface area contributed by atoms with Gasteiger partial charge in [0, 0.05) is 6.04 Å². The van der Waals surface area contributed by atoms with Crippen molar-refractivity contribution in [3.8, 4) is 0 Å². The molecule has 5 nitrogen and oxygen atoms in total. The molecule has 0 aliphatic carbocycles. The number of thiocarbonyl (C=S) groups is 1. The first-order chi connectivity index (χ1) is 4.81. The zero-order valence-electron chi connectivity index (χ0n) is 5.94. The number of hydrogen-bond donors (Lipinski definition) is 3. The first kappa shape index (κ1) is 10.6. The first-order valence-corrected chi connectivity index (χ1v) is 4.84. The summed E-state index contributed by atoms with van der Waals surface area (Å²) in [6.07, 6.45) is 0. The predicted molar refractivity (Wildman–Crippen MR) is 45.8 cm³/mol. The molecular weight excluding hydrogens is 188 g/mol. The van der Waals surface area contributed by atoms with E-state index < -0.39 is 21.9 Å². The Balaban J connectivity index is 3.89. The molecule has 0 rings (SSSR count). The third kappa shape index (κ3) is 7.50. The lowest BCUT2D eigenvalue weighted by atomic mass is 10.4. The van der Waals surface area contributed by atoms with Crippen LogP contribution in [0.1, 0.15) is 6.92 Å². The van der Waals surface area contributed by atoms with Crippen molar-refractivity contribution in [1.29, 1.82) is 0 Å². The third-order valence-corrected chi connectivity index (χ3v) is 1.89. The van der Waals surface area contributed by atoms with Gasteiger partial charge in [0.2, 0.25) is 0 Å². The molecule has 1 unspecified atom stereocenters. The molecule has 0 amide bonds. The second-order valence-corrected chi connectivity index (χ2v) is 4.10. The Bertz CT molecular complexity index is 236. The van der Waals surface area contributed by atoms with E-state index in [2.05, 4.69) is 17.5 Å². The summed E-state index contributed by atoms with van der Waals surface area (Å²) in [5.41, 5.74) is 5.06. The average molecular weight is 198 g/mol. The summed E-state index contributed by atoms with van der Waals surface area (Å²) in [5, 5.41) is 2.48. The molecule has 0 radical (unpaired) electrons. The van der Waals surface area contributed by atoms with Crippen LogP contribution in [0.15, 0.2) is 0 Å². The minimum Gasteiger partial charge on any atom is -0.376 e. The fourth-order valence-electron chi connectivity index (χ4n) is 0.600. The van der Waals surface area contributed by atoms with Crippen LogP contribution in [-0.2, 0) is 10.1 Å². The molecule has 1 atom stereocenters. The molecule has 11 heavy (non-hydrogen) atoms. The Morgan fingerprint density at radius 2 is 2.27 bits per heavy atom. The van der Waals surface area contributed by atoms with E-state index in [1.807, 2.05) is 0 Å². The molecule has 0 saturated carbocycles. The van der Waals surface area contributed by atoms with Crippen LogP contribution in [-0.4, -0.2) is 29.9 Å². The van der Waals surface area contributed by atoms with Crippen LogP contribution >= 0.6 is 12.2 Å². The van der Waals surface area contributed by atoms with Crippen molar-refractivity contribution in [2.45, 2.75) is 13.0 Å². The molecule has 0 aromatic carbocycles. The number of nitrogens with one attached hydrogen (secondary N) is 1. The molecule has 0 heterocycles. The SMILES string of the molecule is CC(CS(=O)(=O)O)NC(N)=S. The van der Waals surface area contributed by atoms with Crippen LogP contribution in [0.25, 0.3) is 0 Å². The maximum Gasteiger partial charge on any atom is 0.266 e. The Labute approximate surface area is 70.7 Å². The van der Waals surface area contributed by atoms with Gasteiger partial charge in [0.1, 0.15) is 0 Å². The topological polar surface area (TPSA) is 92.4 Å². The maximum atomic E-state index is 10.3. The van der Waals surface area contributed by atoms with Crippen LogP contribution in [0, 0.1) is 0 Å². The Morgan fingerprint density at radius 1 is 1.82 bits per heavy atom. The van der Waals surface area contributed by atoms with Gasteiger partial charge in [-0.05, 0) is 19.1 Å². The smallest absolute Gasteiger partial charge is 0.266 e. The van der Waals surface area contributed by atoms with Gasteiger partial charge in [-0.25, -0.2) is 0 Å². The van der Waals surface area contributed by atoms with E-state index in [0.717, 1.165) is 0 Å². The van der Waals surface area contributed by atoms with Gasteiger partial charge in [-0.15, -0.1) is 0 Å². The summed E-state index contributed by atoms with van der Waals surface area (Å²) in [6, 6.07) is -0.470. The Morgan fingerprint density at radius 3 is 2.55 bits per heavy atom. The van der Waals surface area contributed by atoms with E-state index in [9.17, 15) is 8.42 Å². The van der Waals surface area contributed by atoms with E-state index in [4.69, 9.17) is 10.3 Å². The van der Waals surface area contributed by atoms with E-state index in [1.165, 1.54) is 0 Å². The minimum atomic E-state index is -3.95. The molecule has 0 aliphatic heterocycles. The quantitative estimate of drug-likeness (QED) is 0.402. The summed E-state index contributed by atoms with van der Waals surface area (Å²) in [5.74, 6) is -0.398. The van der Waals surface area contributed by atoms with Crippen molar-refractivity contribution in [2.75, 3.05) is 5.75 Å². The van der Waals surface area contributed by atoms with Crippen LogP contribution in [0.4, 0.5) is 0 Å². The summed E-state index contributed by atoms with van der Waals surface area (Å²) in [4.78, 5) is 0. The lowest BCUT2D eigenvalue weighted by Gasteiger charge is -2.10. The molecule has 0 spiro atoms. The molecule has 0 saturated heterocycles. The highest BCUT2D eigenvalue weighted by Gasteiger charge is 2.11. The molecular formula is C4H10N2O3S2. The van der Waals surface area contributed by atoms with E-state index in [1.54, 1.807) is 6.92 Å². The van der Waals surface area contributed by atoms with Crippen molar-refractivity contribution in [1.82, 2.24) is 5.32 Å². The molecule has 0 aliphatic rings. The zero-order valence-corrected chi connectivity index (χ0v) is 7.58. The van der Waals surface area contributed by atoms with E-state index in [0.29, 0.717) is 0 Å². The van der Waals surface area contributed by atoms with Gasteiger partial charge < -0.3 is 11.1 Å². The van der Waals surface area contributed by atoms with Gasteiger partial charge in [0.25, 0.3) is 10.1 Å². The van der Waals surface area contributed by atoms with Gasteiger partial charge in [-0.2, -0.15) is 8.42 Å². The number of rotatable bonds is 3. The molecule has 0 aromatic rings. The summed E-state index contributed by atoms with van der Waals surface area (Å²) < 4.78 is 28.9. The molecule has 7 heteroatoms. The van der Waals surface area contributed by atoms with Crippen LogP contribution in [0.3, 0.4) is 0 Å². The highest BCUT2D eigenvalue weighted by molar-refractivity contribution is 7.85. The lowest BCUT2D eigenvalue weighted by Crippen LogP contribution is -2.40. The fourth-order valence-corrected chi connectivity index (χ4v) is 1.52. The highest BCUT2D eigenvalue weighted by atomic mass is 32.2. The second kappa shape index (κ2) is 3.84. The molecule has 0 aromatic heterocycles. The largest absolute Gasteiger partial charge is 0.376 e. The Kier molecular flexibility index (Phi) is 3.70. The normalized spacial score (nSPS) is 14.0. The third-order valence-electron chi connectivity index (χ3n) is 0.849. The average Bonchev–Trinajstić information content (AvgIpc) is 1.53. The van der Waals surface area contributed by atoms with Gasteiger partial charge >= 0.3 is 0 Å². The van der Waals surface area contributed by atoms with Crippen LogP contribution in [0.2, 0.25) is 0 Å². The molecule has 0 bridgehead atoms. The van der Waals surface area contributed by atoms with Crippen LogP contribution < -0.4 is 11.1 Å². The minimum absolute atomic E-state index is 0.0150. The highest BCUT2D eigenvalue weighted by Crippen LogP contribution is 1.88. The summed E-state index contributed by atoms with van der Waals surface area (Å²) >= 11 is 4.45. The van der Waals surface area contributed by atoms with Gasteiger partial charge in [0.05, 0.1) is 5.75 Å². The summed E-state index contributed by atoms with van der Waals surface area (Å²) in [6.45, 7) is 1.55.